The molecular weight excluding hydrogens is 350 g/mol. The summed E-state index contributed by atoms with van der Waals surface area (Å²) in [6.07, 6.45) is 0. The van der Waals surface area contributed by atoms with Crippen LogP contribution in [0.4, 0.5) is 5.69 Å². The Balaban J connectivity index is 2.02. The van der Waals surface area contributed by atoms with Crippen LogP contribution in [0.3, 0.4) is 0 Å². The van der Waals surface area contributed by atoms with Crippen molar-refractivity contribution in [2.75, 3.05) is 18.5 Å². The molecule has 7 nitrogen and oxygen atoms in total. The minimum atomic E-state index is -3.75. The van der Waals surface area contributed by atoms with Gasteiger partial charge in [0.2, 0.25) is 0 Å². The molecule has 1 aromatic carbocycles. The normalized spacial score (nSPS) is 17.8. The van der Waals surface area contributed by atoms with Crippen molar-refractivity contribution >= 4 is 43.3 Å². The Morgan fingerprint density at radius 3 is 2.88 bits per heavy atom. The van der Waals surface area contributed by atoms with Gasteiger partial charge in [0.15, 0.2) is 0 Å². The van der Waals surface area contributed by atoms with Gasteiger partial charge in [-0.1, -0.05) is 18.2 Å². The van der Waals surface area contributed by atoms with E-state index in [0.29, 0.717) is 27.6 Å². The van der Waals surface area contributed by atoms with Gasteiger partial charge >= 0.3 is 5.97 Å². The number of carbonyl (C=O) groups is 1. The lowest BCUT2D eigenvalue weighted by atomic mass is 10.1. The average Bonchev–Trinajstić information content (AvgIpc) is 3.02. The van der Waals surface area contributed by atoms with Crippen LogP contribution in [0.15, 0.2) is 24.3 Å². The highest BCUT2D eigenvalue weighted by Gasteiger charge is 2.41. The van der Waals surface area contributed by atoms with E-state index < -0.39 is 16.0 Å². The molecule has 2 aliphatic heterocycles. The predicted molar refractivity (Wildman–Crippen MR) is 91.8 cm³/mol. The minimum Gasteiger partial charge on any atom is -0.464 e. The fourth-order valence-electron chi connectivity index (χ4n) is 2.93. The summed E-state index contributed by atoms with van der Waals surface area (Å²) in [4.78, 5) is 12.7. The lowest BCUT2D eigenvalue weighted by molar-refractivity contribution is 0.0593. The highest BCUT2D eigenvalue weighted by molar-refractivity contribution is 8.11. The maximum atomic E-state index is 13.0. The number of rotatable bonds is 1. The molecule has 4 rings (SSSR count). The number of benzene rings is 1. The van der Waals surface area contributed by atoms with Crippen LogP contribution in [0.25, 0.3) is 9.81 Å². The molecule has 2 aromatic rings. The number of nitrogens with one attached hydrogen (secondary N) is 1. The molecule has 124 valence electrons. The van der Waals surface area contributed by atoms with Crippen molar-refractivity contribution in [1.29, 1.82) is 0 Å². The molecule has 24 heavy (non-hydrogen) atoms. The molecule has 0 amide bonds. The fourth-order valence-corrected chi connectivity index (χ4v) is 6.00. The number of hydrogen-bond donors (Lipinski definition) is 1. The first-order valence-corrected chi connectivity index (χ1v) is 9.50. The number of methoxy groups -OCH3 is 1. The molecule has 0 radical (unpaired) electrons. The zero-order chi connectivity index (χ0) is 17.1. The summed E-state index contributed by atoms with van der Waals surface area (Å²) in [6.45, 7) is 0. The Morgan fingerprint density at radius 2 is 2.12 bits per heavy atom. The molecule has 1 aromatic heterocycles. The maximum Gasteiger partial charge on any atom is 0.356 e. The number of H-pyrrole nitrogens is 1. The van der Waals surface area contributed by atoms with Gasteiger partial charge in [0, 0.05) is 28.8 Å². The molecule has 0 fully saturated rings. The molecule has 0 unspecified atom stereocenters. The smallest absolute Gasteiger partial charge is 0.356 e. The van der Waals surface area contributed by atoms with Crippen molar-refractivity contribution in [3.05, 3.63) is 46.8 Å². The summed E-state index contributed by atoms with van der Waals surface area (Å²) in [5.74, 6) is -0.113. The first kappa shape index (κ1) is 15.3. The van der Waals surface area contributed by atoms with Gasteiger partial charge < -0.3 is 4.74 Å². The van der Waals surface area contributed by atoms with Gasteiger partial charge in [0.25, 0.3) is 10.0 Å². The van der Waals surface area contributed by atoms with Gasteiger partial charge in [0.05, 0.1) is 12.8 Å². The molecule has 0 aliphatic carbocycles. The van der Waals surface area contributed by atoms with E-state index in [4.69, 9.17) is 4.74 Å². The van der Waals surface area contributed by atoms with Crippen LogP contribution in [0.1, 0.15) is 27.3 Å². The summed E-state index contributed by atoms with van der Waals surface area (Å²) in [7, 11) is -0.957. The topological polar surface area (TPSA) is 92.4 Å². The summed E-state index contributed by atoms with van der Waals surface area (Å²) in [5.41, 5.74) is 2.54. The van der Waals surface area contributed by atoms with E-state index in [1.54, 1.807) is 12.1 Å². The van der Waals surface area contributed by atoms with E-state index in [1.165, 1.54) is 30.2 Å². The standard InChI is InChI=1S/C15H13N3O4S2/c1-18-10-6-4-3-5-8(10)13-14(24(18,20)21)11-9(7-23-13)12(17-16-11)15(19)22-2/h3-6H,7H2,1-2H3,(H,16,17). The predicted octanol–water partition coefficient (Wildman–Crippen LogP) is 2.05. The lowest BCUT2D eigenvalue weighted by Gasteiger charge is -2.32. The second-order valence-corrected chi connectivity index (χ2v) is 8.25. The van der Waals surface area contributed by atoms with Gasteiger partial charge in [-0.05, 0) is 6.07 Å². The van der Waals surface area contributed by atoms with Crippen molar-refractivity contribution in [2.24, 2.45) is 0 Å². The summed E-state index contributed by atoms with van der Waals surface area (Å²) >= 11 is 1.39. The highest BCUT2D eigenvalue weighted by atomic mass is 32.2. The number of ether oxygens (including phenoxy) is 1. The number of nitrogens with zero attached hydrogens (tertiary/aromatic N) is 2. The van der Waals surface area contributed by atoms with Crippen LogP contribution in [-0.2, 0) is 20.5 Å². The van der Waals surface area contributed by atoms with Crippen LogP contribution in [0, 0.1) is 0 Å². The van der Waals surface area contributed by atoms with Crippen molar-refractivity contribution in [3.63, 3.8) is 0 Å². The van der Waals surface area contributed by atoms with E-state index in [0.717, 1.165) is 5.56 Å². The van der Waals surface area contributed by atoms with Crippen LogP contribution in [-0.4, -0.2) is 38.7 Å². The summed E-state index contributed by atoms with van der Waals surface area (Å²) in [6, 6.07) is 7.34. The number of aromatic nitrogens is 2. The molecule has 1 N–H and O–H groups in total. The second-order valence-electron chi connectivity index (χ2n) is 5.35. The molecule has 0 spiro atoms. The molecule has 0 atom stereocenters. The largest absolute Gasteiger partial charge is 0.464 e. The van der Waals surface area contributed by atoms with Gasteiger partial charge in [-0.15, -0.1) is 11.8 Å². The molecular formula is C15H13N3O4S2. The third-order valence-corrected chi connectivity index (χ3v) is 7.25. The van der Waals surface area contributed by atoms with Crippen molar-refractivity contribution in [3.8, 4) is 0 Å². The van der Waals surface area contributed by atoms with E-state index in [-0.39, 0.29) is 10.6 Å². The number of sulfonamides is 1. The molecule has 9 heteroatoms. The Hall–Kier alpha value is -2.26. The number of aromatic amines is 1. The molecule has 0 saturated carbocycles. The first-order chi connectivity index (χ1) is 11.5. The average molecular weight is 363 g/mol. The quantitative estimate of drug-likeness (QED) is 0.780. The number of thioether (sulfide) groups is 1. The van der Waals surface area contributed by atoms with Crippen LogP contribution >= 0.6 is 11.8 Å². The number of fused-ring (bicyclic) bond motifs is 4. The number of carbonyl (C=O) groups excluding carboxylic acids is 1. The zero-order valence-corrected chi connectivity index (χ0v) is 14.5. The summed E-state index contributed by atoms with van der Waals surface area (Å²) < 4.78 is 32.0. The minimum absolute atomic E-state index is 0.140. The number of para-hydroxylation sites is 1. The SMILES string of the molecule is COC(=O)c1[nH]nc2c1CSC1=C2S(=O)(=O)N(C)c2ccccc21. The summed E-state index contributed by atoms with van der Waals surface area (Å²) in [5, 5.41) is 6.73. The fraction of sp³-hybridized carbons (Fsp3) is 0.200. The Kier molecular flexibility index (Phi) is 3.26. The van der Waals surface area contributed by atoms with Crippen molar-refractivity contribution < 1.29 is 17.9 Å². The van der Waals surface area contributed by atoms with Crippen LogP contribution < -0.4 is 4.31 Å². The zero-order valence-electron chi connectivity index (χ0n) is 12.9. The number of hydrogen-bond acceptors (Lipinski definition) is 6. The second kappa shape index (κ2) is 5.12. The lowest BCUT2D eigenvalue weighted by Crippen LogP contribution is -2.32. The highest BCUT2D eigenvalue weighted by Crippen LogP contribution is 2.52. The van der Waals surface area contributed by atoms with Crippen molar-refractivity contribution in [1.82, 2.24) is 10.2 Å². The Labute approximate surface area is 142 Å². The Morgan fingerprint density at radius 1 is 1.38 bits per heavy atom. The number of esters is 1. The van der Waals surface area contributed by atoms with Crippen molar-refractivity contribution in [2.45, 2.75) is 5.75 Å². The van der Waals surface area contributed by atoms with Gasteiger partial charge in [-0.25, -0.2) is 13.2 Å². The van der Waals surface area contributed by atoms with E-state index >= 15 is 0 Å². The van der Waals surface area contributed by atoms with Crippen LogP contribution in [0.5, 0.6) is 0 Å². The van der Waals surface area contributed by atoms with E-state index in [9.17, 15) is 13.2 Å². The molecule has 0 saturated heterocycles. The monoisotopic (exact) mass is 363 g/mol. The maximum absolute atomic E-state index is 13.0. The van der Waals surface area contributed by atoms with E-state index in [1.807, 2.05) is 12.1 Å². The van der Waals surface area contributed by atoms with Gasteiger partial charge in [-0.3, -0.25) is 9.40 Å². The number of anilines is 1. The third-order valence-electron chi connectivity index (χ3n) is 4.15. The van der Waals surface area contributed by atoms with Gasteiger partial charge in [-0.2, -0.15) is 5.10 Å². The van der Waals surface area contributed by atoms with Gasteiger partial charge in [0.1, 0.15) is 16.3 Å². The third kappa shape index (κ3) is 1.88. The van der Waals surface area contributed by atoms with E-state index in [2.05, 4.69) is 10.2 Å². The molecule has 3 heterocycles. The first-order valence-electron chi connectivity index (χ1n) is 7.08. The Bertz CT molecular complexity index is 1010. The van der Waals surface area contributed by atoms with Crippen LogP contribution in [0.2, 0.25) is 0 Å². The molecule has 2 aliphatic rings. The molecule has 0 bridgehead atoms.